The fraction of sp³-hybridized carbons (Fsp3) is 0.282. The minimum atomic E-state index is -0.125. The number of aliphatic hydroxyl groups excluding tert-OH is 1. The van der Waals surface area contributed by atoms with Gasteiger partial charge in [0.15, 0.2) is 5.78 Å². The van der Waals surface area contributed by atoms with Crippen LogP contribution in [0.4, 0.5) is 0 Å². The van der Waals surface area contributed by atoms with Crippen LogP contribution in [-0.2, 0) is 35.7 Å². The maximum atomic E-state index is 10.0. The summed E-state index contributed by atoms with van der Waals surface area (Å²) in [6.45, 7) is 14.5. The Morgan fingerprint density at radius 3 is 2.16 bits per heavy atom. The maximum Gasteiger partial charge on any atom is 0.155 e. The number of aromatic nitrogens is 1. The molecule has 1 radical (unpaired) electrons. The molecule has 0 bridgehead atoms. The van der Waals surface area contributed by atoms with Gasteiger partial charge in [-0.05, 0) is 89.8 Å². The van der Waals surface area contributed by atoms with E-state index in [0.717, 1.165) is 44.0 Å². The number of pyridine rings is 1. The van der Waals surface area contributed by atoms with Crippen LogP contribution in [-0.4, -0.2) is 15.9 Å². The van der Waals surface area contributed by atoms with E-state index in [2.05, 4.69) is 101 Å². The van der Waals surface area contributed by atoms with Crippen LogP contribution in [0.1, 0.15) is 71.1 Å². The molecule has 4 nitrogen and oxygen atoms in total. The first-order chi connectivity index (χ1) is 20.3. The molecule has 1 aliphatic carbocycles. The number of furan rings is 1. The number of ketones is 1. The summed E-state index contributed by atoms with van der Waals surface area (Å²) >= 11 is 0. The Hall–Kier alpha value is -3.79. The van der Waals surface area contributed by atoms with Crippen molar-refractivity contribution in [3.8, 4) is 11.3 Å². The third-order valence-electron chi connectivity index (χ3n) is 8.98. The van der Waals surface area contributed by atoms with Gasteiger partial charge in [-0.2, -0.15) is 0 Å². The monoisotopic (exact) mass is 761 g/mol. The van der Waals surface area contributed by atoms with Crippen molar-refractivity contribution < 1.29 is 34.4 Å². The number of aryl methyl sites for hydroxylation is 1. The Kier molecular flexibility index (Phi) is 8.35. The Morgan fingerprint density at radius 1 is 0.864 bits per heavy atom. The second-order valence-electron chi connectivity index (χ2n) is 13.3. The van der Waals surface area contributed by atoms with Gasteiger partial charge in [0.2, 0.25) is 0 Å². The van der Waals surface area contributed by atoms with Crippen molar-refractivity contribution in [1.29, 1.82) is 0 Å². The van der Waals surface area contributed by atoms with Crippen LogP contribution in [0.15, 0.2) is 83.1 Å². The number of nitrogens with zero attached hydrogens (tertiary/aromatic N) is 1. The summed E-state index contributed by atoms with van der Waals surface area (Å²) in [6, 6.07) is 25.6. The molecule has 5 heteroatoms. The molecule has 0 saturated heterocycles. The molecule has 6 aromatic rings. The quantitative estimate of drug-likeness (QED) is 0.108. The third kappa shape index (κ3) is 5.72. The van der Waals surface area contributed by atoms with Crippen LogP contribution in [0, 0.1) is 13.0 Å². The largest absolute Gasteiger partial charge is 0.512 e. The molecule has 44 heavy (non-hydrogen) atoms. The smallest absolute Gasteiger partial charge is 0.155 e. The van der Waals surface area contributed by atoms with E-state index in [1.165, 1.54) is 60.2 Å². The van der Waals surface area contributed by atoms with E-state index in [9.17, 15) is 4.79 Å². The summed E-state index contributed by atoms with van der Waals surface area (Å²) in [4.78, 5) is 14.9. The van der Waals surface area contributed by atoms with Crippen molar-refractivity contribution in [2.75, 3.05) is 0 Å². The van der Waals surface area contributed by atoms with Crippen molar-refractivity contribution in [2.24, 2.45) is 0 Å². The van der Waals surface area contributed by atoms with E-state index >= 15 is 0 Å². The van der Waals surface area contributed by atoms with Gasteiger partial charge in [0.1, 0.15) is 11.2 Å². The minimum Gasteiger partial charge on any atom is -0.512 e. The van der Waals surface area contributed by atoms with E-state index in [1.54, 1.807) is 0 Å². The van der Waals surface area contributed by atoms with Crippen LogP contribution in [0.25, 0.3) is 54.7 Å². The predicted molar refractivity (Wildman–Crippen MR) is 178 cm³/mol. The predicted octanol–water partition coefficient (Wildman–Crippen LogP) is 10.4. The number of allylic oxidation sites excluding steroid dienone is 2. The van der Waals surface area contributed by atoms with Gasteiger partial charge in [0, 0.05) is 48.8 Å². The second kappa shape index (κ2) is 11.6. The number of carbonyl (C=O) groups excluding carboxylic acids is 1. The van der Waals surface area contributed by atoms with Crippen molar-refractivity contribution in [3.05, 3.63) is 101 Å². The summed E-state index contributed by atoms with van der Waals surface area (Å²) in [5.74, 6) is -0.0625. The number of aliphatic hydroxyl groups is 1. The number of benzene rings is 4. The number of carbonyl (C=O) groups is 1. The summed E-state index contributed by atoms with van der Waals surface area (Å²) in [5.41, 5.74) is 8.36. The fourth-order valence-electron chi connectivity index (χ4n) is 6.55. The maximum absolute atomic E-state index is 10.0. The molecular weight excluding hydrogens is 723 g/mol. The molecule has 0 amide bonds. The SMILES string of the molecule is CC(=O)/C=C(/C)O.Cc1cc(-c2nccc3cc4oc5cc6c(cc5c4cc23)C(C)(C)CCC6(C)C)[c-]c2ccccc12.[Ir]. The van der Waals surface area contributed by atoms with Crippen molar-refractivity contribution in [3.63, 3.8) is 0 Å². The van der Waals surface area contributed by atoms with Gasteiger partial charge in [0.05, 0.1) is 5.76 Å². The molecule has 2 aromatic heterocycles. The summed E-state index contributed by atoms with van der Waals surface area (Å²) < 4.78 is 6.48. The molecule has 1 N–H and O–H groups in total. The molecule has 4 aromatic carbocycles. The topological polar surface area (TPSA) is 63.3 Å². The molecule has 0 fully saturated rings. The van der Waals surface area contributed by atoms with Crippen molar-refractivity contribution >= 4 is 49.3 Å². The van der Waals surface area contributed by atoms with Crippen molar-refractivity contribution in [2.45, 2.75) is 72.1 Å². The van der Waals surface area contributed by atoms with Crippen LogP contribution < -0.4 is 0 Å². The molecule has 0 aliphatic heterocycles. The van der Waals surface area contributed by atoms with Gasteiger partial charge >= 0.3 is 0 Å². The Labute approximate surface area is 272 Å². The summed E-state index contributed by atoms with van der Waals surface area (Å²) in [5, 5.41) is 15.4. The first-order valence-electron chi connectivity index (χ1n) is 14.9. The third-order valence-corrected chi connectivity index (χ3v) is 8.98. The van der Waals surface area contributed by atoms with Crippen LogP contribution >= 0.6 is 0 Å². The van der Waals surface area contributed by atoms with Gasteiger partial charge in [-0.25, -0.2) is 0 Å². The van der Waals surface area contributed by atoms with E-state index in [1.807, 2.05) is 6.20 Å². The first-order valence-corrected chi connectivity index (χ1v) is 14.9. The number of hydrogen-bond acceptors (Lipinski definition) is 4. The molecule has 0 spiro atoms. The number of fused-ring (bicyclic) bond motifs is 6. The van der Waals surface area contributed by atoms with E-state index in [-0.39, 0.29) is 42.5 Å². The van der Waals surface area contributed by atoms with E-state index in [4.69, 9.17) is 14.5 Å². The van der Waals surface area contributed by atoms with Crippen molar-refractivity contribution in [1.82, 2.24) is 4.98 Å². The van der Waals surface area contributed by atoms with Gasteiger partial charge in [-0.15, -0.1) is 29.1 Å². The van der Waals surface area contributed by atoms with E-state index in [0.29, 0.717) is 0 Å². The van der Waals surface area contributed by atoms with Crippen LogP contribution in [0.3, 0.4) is 0 Å². The summed E-state index contributed by atoms with van der Waals surface area (Å²) in [6.07, 6.45) is 5.45. The summed E-state index contributed by atoms with van der Waals surface area (Å²) in [7, 11) is 0. The molecule has 0 unspecified atom stereocenters. The van der Waals surface area contributed by atoms with Gasteiger partial charge < -0.3 is 9.52 Å². The molecular formula is C39H38IrNO3-. The molecule has 0 saturated carbocycles. The average Bonchev–Trinajstić information content (AvgIpc) is 3.29. The van der Waals surface area contributed by atoms with Gasteiger partial charge in [0.25, 0.3) is 0 Å². The van der Waals surface area contributed by atoms with Crippen LogP contribution in [0.2, 0.25) is 0 Å². The first kappa shape index (κ1) is 31.6. The standard InChI is InChI=1S/C34H30NO.C5H8O2.Ir/c1-20-14-23(15-21-8-6-7-9-24(20)21)32-25-17-26-27-18-28-29(34(4,5)12-11-33(28,2)3)19-31(27)36-30(26)16-22(25)10-13-35-32;1-4(6)3-5(2)7;/h6-10,13-14,16-19H,11-12H2,1-5H3;3,6H,1-2H3;/q-1;;/b;4-3-;. The minimum absolute atomic E-state index is 0. The normalized spacial score (nSPS) is 15.5. The average molecular weight is 761 g/mol. The Morgan fingerprint density at radius 2 is 1.50 bits per heavy atom. The molecule has 2 heterocycles. The Bertz CT molecular complexity index is 2090. The molecule has 0 atom stereocenters. The molecule has 7 rings (SSSR count). The fourth-order valence-corrected chi connectivity index (χ4v) is 6.55. The number of rotatable bonds is 2. The zero-order valence-electron chi connectivity index (χ0n) is 26.4. The Balaban J connectivity index is 0.000000433. The van der Waals surface area contributed by atoms with E-state index < -0.39 is 0 Å². The number of hydrogen-bond donors (Lipinski definition) is 1. The zero-order valence-corrected chi connectivity index (χ0v) is 28.8. The van der Waals surface area contributed by atoms with Gasteiger partial charge in [-0.1, -0.05) is 63.8 Å². The van der Waals surface area contributed by atoms with Crippen LogP contribution in [0.5, 0.6) is 0 Å². The zero-order chi connectivity index (χ0) is 30.7. The molecule has 227 valence electrons. The second-order valence-corrected chi connectivity index (χ2v) is 13.3. The van der Waals surface area contributed by atoms with Gasteiger partial charge in [-0.3, -0.25) is 9.78 Å². The molecule has 1 aliphatic rings.